The largest absolute Gasteiger partial charge is 0.459 e. The predicted octanol–water partition coefficient (Wildman–Crippen LogP) is 3.43. The number of carbonyl (C=O) groups excluding carboxylic acids is 4. The lowest BCUT2D eigenvalue weighted by Gasteiger charge is -2.36. The Morgan fingerprint density at radius 2 is 1.50 bits per heavy atom. The molecule has 186 valence electrons. The predicted molar refractivity (Wildman–Crippen MR) is 122 cm³/mol. The SMILES string of the molecule is O=C(OCc1ccccc1)[C@@H]1CC[C@@H]2C[C@@H]3[C@H](C[C@H](N4C(=O)c5ccccc5C4=O)C(=O)N21)C3(F)F. The lowest BCUT2D eigenvalue weighted by molar-refractivity contribution is -0.157. The van der Waals surface area contributed by atoms with Gasteiger partial charge in [-0.15, -0.1) is 0 Å². The summed E-state index contributed by atoms with van der Waals surface area (Å²) in [5, 5.41) is 0. The molecule has 1 aliphatic carbocycles. The third-order valence-corrected chi connectivity index (χ3v) is 8.04. The summed E-state index contributed by atoms with van der Waals surface area (Å²) in [6, 6.07) is 12.3. The fraction of sp³-hybridized carbons (Fsp3) is 0.407. The molecular weight excluding hydrogens is 470 g/mol. The van der Waals surface area contributed by atoms with Crippen LogP contribution in [0.15, 0.2) is 54.6 Å². The Bertz CT molecular complexity index is 1230. The first-order valence-corrected chi connectivity index (χ1v) is 12.2. The number of nitrogens with zero attached hydrogens (tertiary/aromatic N) is 2. The third kappa shape index (κ3) is 3.43. The highest BCUT2D eigenvalue weighted by Gasteiger charge is 2.71. The molecule has 0 aromatic heterocycles. The van der Waals surface area contributed by atoms with Crippen LogP contribution in [0.3, 0.4) is 0 Å². The average molecular weight is 494 g/mol. The summed E-state index contributed by atoms with van der Waals surface area (Å²) in [7, 11) is 0. The Morgan fingerprint density at radius 3 is 2.17 bits per heavy atom. The van der Waals surface area contributed by atoms with E-state index >= 15 is 0 Å². The van der Waals surface area contributed by atoms with E-state index in [0.29, 0.717) is 6.42 Å². The van der Waals surface area contributed by atoms with Gasteiger partial charge < -0.3 is 9.64 Å². The molecule has 2 saturated heterocycles. The summed E-state index contributed by atoms with van der Waals surface area (Å²) in [6.45, 7) is 0.0213. The number of fused-ring (bicyclic) bond motifs is 3. The number of hydrogen-bond donors (Lipinski definition) is 0. The van der Waals surface area contributed by atoms with E-state index in [9.17, 15) is 28.0 Å². The molecule has 7 nitrogen and oxygen atoms in total. The van der Waals surface area contributed by atoms with E-state index in [4.69, 9.17) is 4.74 Å². The molecule has 36 heavy (non-hydrogen) atoms. The van der Waals surface area contributed by atoms with Crippen LogP contribution >= 0.6 is 0 Å². The van der Waals surface area contributed by atoms with Crippen molar-refractivity contribution in [2.24, 2.45) is 11.8 Å². The normalized spacial score (nSPS) is 30.3. The summed E-state index contributed by atoms with van der Waals surface area (Å²) >= 11 is 0. The lowest BCUT2D eigenvalue weighted by Crippen LogP contribution is -2.56. The fourth-order valence-corrected chi connectivity index (χ4v) is 6.12. The number of carbonyl (C=O) groups is 4. The fourth-order valence-electron chi connectivity index (χ4n) is 6.12. The average Bonchev–Trinajstić information content (AvgIpc) is 3.15. The number of halogens is 2. The second-order valence-electron chi connectivity index (χ2n) is 9.99. The first-order valence-electron chi connectivity index (χ1n) is 12.2. The Kier molecular flexibility index (Phi) is 5.21. The molecule has 0 radical (unpaired) electrons. The number of alkyl halides is 2. The third-order valence-electron chi connectivity index (χ3n) is 8.04. The second kappa shape index (κ2) is 8.21. The number of imide groups is 1. The number of ether oxygens (including phenoxy) is 1. The van der Waals surface area contributed by atoms with Gasteiger partial charge in [0.1, 0.15) is 18.7 Å². The van der Waals surface area contributed by atoms with Crippen molar-refractivity contribution in [3.8, 4) is 0 Å². The van der Waals surface area contributed by atoms with Gasteiger partial charge in [0.25, 0.3) is 17.7 Å². The number of rotatable bonds is 4. The van der Waals surface area contributed by atoms with E-state index in [1.807, 2.05) is 18.2 Å². The van der Waals surface area contributed by atoms with Gasteiger partial charge in [-0.1, -0.05) is 42.5 Å². The van der Waals surface area contributed by atoms with Crippen molar-refractivity contribution in [2.45, 2.75) is 56.3 Å². The highest BCUT2D eigenvalue weighted by atomic mass is 19.3. The standard InChI is InChI=1S/C27H24F2N2O5/c28-27(29)19-12-16-10-11-21(26(35)36-14-15-6-2-1-3-7-15)30(16)25(34)22(13-20(19)27)31-23(32)17-8-4-5-9-18(17)24(31)33/h1-9,16,19-22H,10-14H2/t16-,19-,20+,21+,22+/m1/s1. The van der Waals surface area contributed by atoms with Crippen molar-refractivity contribution in [1.82, 2.24) is 9.80 Å². The molecule has 4 aliphatic rings. The van der Waals surface area contributed by atoms with Crippen LogP contribution in [-0.4, -0.2) is 57.5 Å². The minimum Gasteiger partial charge on any atom is -0.459 e. The first-order chi connectivity index (χ1) is 17.3. The molecule has 1 saturated carbocycles. The minimum atomic E-state index is -2.97. The molecular formula is C27H24F2N2O5. The van der Waals surface area contributed by atoms with E-state index in [2.05, 4.69) is 0 Å². The van der Waals surface area contributed by atoms with Crippen molar-refractivity contribution in [3.63, 3.8) is 0 Å². The maximum absolute atomic E-state index is 14.7. The van der Waals surface area contributed by atoms with Gasteiger partial charge in [-0.3, -0.25) is 19.3 Å². The Labute approximate surface area is 206 Å². The van der Waals surface area contributed by atoms with Crippen molar-refractivity contribution >= 4 is 23.7 Å². The highest BCUT2D eigenvalue weighted by molar-refractivity contribution is 6.23. The van der Waals surface area contributed by atoms with Crippen molar-refractivity contribution in [3.05, 3.63) is 71.3 Å². The van der Waals surface area contributed by atoms with E-state index < -0.39 is 59.6 Å². The number of esters is 1. The van der Waals surface area contributed by atoms with Crippen molar-refractivity contribution in [2.75, 3.05) is 0 Å². The molecule has 2 aromatic rings. The van der Waals surface area contributed by atoms with Crippen LogP contribution < -0.4 is 0 Å². The maximum atomic E-state index is 14.7. The highest BCUT2D eigenvalue weighted by Crippen LogP contribution is 2.61. The molecule has 0 spiro atoms. The molecule has 0 N–H and O–H groups in total. The molecule has 6 rings (SSSR count). The van der Waals surface area contributed by atoms with E-state index in [-0.39, 0.29) is 37.0 Å². The minimum absolute atomic E-state index is 0.0213. The Hall–Kier alpha value is -3.62. The molecule has 3 amide bonds. The Balaban J connectivity index is 1.30. The molecule has 0 bridgehead atoms. The zero-order chi connectivity index (χ0) is 25.2. The van der Waals surface area contributed by atoms with Crippen LogP contribution in [0.25, 0.3) is 0 Å². The monoisotopic (exact) mass is 494 g/mol. The van der Waals surface area contributed by atoms with Gasteiger partial charge >= 0.3 is 5.97 Å². The van der Waals surface area contributed by atoms with Gasteiger partial charge in [0, 0.05) is 17.9 Å². The number of benzene rings is 2. The molecule has 9 heteroatoms. The molecule has 3 fully saturated rings. The van der Waals surface area contributed by atoms with Crippen LogP contribution in [-0.2, 0) is 20.9 Å². The van der Waals surface area contributed by atoms with Crippen molar-refractivity contribution < 1.29 is 32.7 Å². The van der Waals surface area contributed by atoms with E-state index in [0.717, 1.165) is 10.5 Å². The van der Waals surface area contributed by atoms with Crippen LogP contribution in [0.1, 0.15) is 52.0 Å². The summed E-state index contributed by atoms with van der Waals surface area (Å²) in [5.74, 6) is -7.61. The smallest absolute Gasteiger partial charge is 0.329 e. The van der Waals surface area contributed by atoms with Gasteiger partial charge in [-0.2, -0.15) is 0 Å². The summed E-state index contributed by atoms with van der Waals surface area (Å²) in [5.41, 5.74) is 1.07. The topological polar surface area (TPSA) is 84.0 Å². The second-order valence-corrected chi connectivity index (χ2v) is 9.99. The van der Waals surface area contributed by atoms with Gasteiger partial charge in [0.2, 0.25) is 5.91 Å². The van der Waals surface area contributed by atoms with Crippen LogP contribution in [0.4, 0.5) is 8.78 Å². The molecule has 2 aromatic carbocycles. The zero-order valence-corrected chi connectivity index (χ0v) is 19.3. The number of amides is 3. The van der Waals surface area contributed by atoms with Gasteiger partial charge in [-0.05, 0) is 43.4 Å². The van der Waals surface area contributed by atoms with Crippen molar-refractivity contribution in [1.29, 1.82) is 0 Å². The summed E-state index contributed by atoms with van der Waals surface area (Å²) in [4.78, 5) is 55.4. The van der Waals surface area contributed by atoms with Gasteiger partial charge in [0.05, 0.1) is 11.1 Å². The van der Waals surface area contributed by atoms with E-state index in [1.54, 1.807) is 24.3 Å². The molecule has 3 aliphatic heterocycles. The van der Waals surface area contributed by atoms with Gasteiger partial charge in [-0.25, -0.2) is 13.6 Å². The number of hydrogen-bond acceptors (Lipinski definition) is 5. The molecule has 0 unspecified atom stereocenters. The quantitative estimate of drug-likeness (QED) is 0.481. The molecule has 3 heterocycles. The van der Waals surface area contributed by atoms with Gasteiger partial charge in [0.15, 0.2) is 0 Å². The van der Waals surface area contributed by atoms with Crippen LogP contribution in [0.2, 0.25) is 0 Å². The lowest BCUT2D eigenvalue weighted by atomic mass is 9.98. The maximum Gasteiger partial charge on any atom is 0.329 e. The van der Waals surface area contributed by atoms with Crippen LogP contribution in [0, 0.1) is 11.8 Å². The summed E-state index contributed by atoms with van der Waals surface area (Å²) in [6.07, 6.45) is 0.421. The Morgan fingerprint density at radius 1 is 0.889 bits per heavy atom. The summed E-state index contributed by atoms with van der Waals surface area (Å²) < 4.78 is 34.9. The zero-order valence-electron chi connectivity index (χ0n) is 19.3. The molecule has 5 atom stereocenters. The first kappa shape index (κ1) is 22.8. The van der Waals surface area contributed by atoms with Crippen LogP contribution in [0.5, 0.6) is 0 Å². The van der Waals surface area contributed by atoms with E-state index in [1.165, 1.54) is 17.0 Å².